The Morgan fingerprint density at radius 1 is 0.789 bits per heavy atom. The average molecular weight is 522 g/mol. The molecule has 0 radical (unpaired) electrons. The average Bonchev–Trinajstić information content (AvgIpc) is 2.90. The van der Waals surface area contributed by atoms with E-state index in [1.807, 2.05) is 72.8 Å². The van der Waals surface area contributed by atoms with E-state index in [-0.39, 0.29) is 19.1 Å². The number of rotatable bonds is 15. The number of carbonyl (C=O) groups is 2. The molecule has 38 heavy (non-hydrogen) atoms. The standard InChI is InChI=1S/C30H35NO7/c1-22(2)37-30(34)31-21-24-20-28(12-10-23(24)11-17-29(32)33)36-19-7-6-18-35-25-13-15-27(16-14-25)38-26-8-4-3-5-9-26/h3-5,8-10,12-16,20,22H,6-7,11,17-19,21H2,1-2H3,(H,31,34)(H,32,33). The van der Waals surface area contributed by atoms with Gasteiger partial charge in [-0.05, 0) is 92.8 Å². The zero-order valence-electron chi connectivity index (χ0n) is 21.9. The highest BCUT2D eigenvalue weighted by Gasteiger charge is 2.10. The first-order chi connectivity index (χ1) is 18.4. The van der Waals surface area contributed by atoms with Crippen LogP contribution in [0, 0.1) is 0 Å². The van der Waals surface area contributed by atoms with Crippen LogP contribution in [0.1, 0.15) is 44.2 Å². The number of para-hydroxylation sites is 1. The van der Waals surface area contributed by atoms with Crippen molar-refractivity contribution in [1.29, 1.82) is 0 Å². The van der Waals surface area contributed by atoms with E-state index in [1.54, 1.807) is 13.8 Å². The fourth-order valence-corrected chi connectivity index (χ4v) is 3.58. The molecule has 8 nitrogen and oxygen atoms in total. The summed E-state index contributed by atoms with van der Waals surface area (Å²) >= 11 is 0. The molecular formula is C30H35NO7. The van der Waals surface area contributed by atoms with Crippen LogP contribution in [0.5, 0.6) is 23.0 Å². The van der Waals surface area contributed by atoms with Crippen LogP contribution in [0.3, 0.4) is 0 Å². The molecule has 202 valence electrons. The number of nitrogens with one attached hydrogen (secondary N) is 1. The van der Waals surface area contributed by atoms with Crippen LogP contribution >= 0.6 is 0 Å². The number of unbranched alkanes of at least 4 members (excludes halogenated alkanes) is 1. The number of carbonyl (C=O) groups excluding carboxylic acids is 1. The molecule has 3 rings (SSSR count). The van der Waals surface area contributed by atoms with Gasteiger partial charge in [0.05, 0.1) is 19.3 Å². The van der Waals surface area contributed by atoms with Gasteiger partial charge < -0.3 is 29.4 Å². The first-order valence-electron chi connectivity index (χ1n) is 12.8. The summed E-state index contributed by atoms with van der Waals surface area (Å²) in [5.74, 6) is 2.09. The van der Waals surface area contributed by atoms with Crippen molar-refractivity contribution in [2.45, 2.75) is 52.2 Å². The molecule has 0 fully saturated rings. The highest BCUT2D eigenvalue weighted by molar-refractivity contribution is 5.68. The van der Waals surface area contributed by atoms with E-state index in [0.717, 1.165) is 41.2 Å². The summed E-state index contributed by atoms with van der Waals surface area (Å²) in [4.78, 5) is 22.9. The molecule has 2 N–H and O–H groups in total. The minimum Gasteiger partial charge on any atom is -0.494 e. The Morgan fingerprint density at radius 3 is 2.05 bits per heavy atom. The predicted octanol–water partition coefficient (Wildman–Crippen LogP) is 6.37. The molecule has 0 unspecified atom stereocenters. The van der Waals surface area contributed by atoms with Crippen molar-refractivity contribution in [3.8, 4) is 23.0 Å². The van der Waals surface area contributed by atoms with Crippen molar-refractivity contribution >= 4 is 12.1 Å². The molecule has 0 aliphatic rings. The van der Waals surface area contributed by atoms with Crippen LogP contribution in [-0.4, -0.2) is 36.5 Å². The number of benzene rings is 3. The molecule has 0 atom stereocenters. The van der Waals surface area contributed by atoms with Gasteiger partial charge in [0.15, 0.2) is 0 Å². The summed E-state index contributed by atoms with van der Waals surface area (Å²) < 4.78 is 22.6. The third-order valence-electron chi connectivity index (χ3n) is 5.43. The number of carboxylic acids is 1. The fraction of sp³-hybridized carbons (Fsp3) is 0.333. The molecule has 0 bridgehead atoms. The van der Waals surface area contributed by atoms with Crippen molar-refractivity contribution in [2.75, 3.05) is 13.2 Å². The highest BCUT2D eigenvalue weighted by atomic mass is 16.6. The SMILES string of the molecule is CC(C)OC(=O)NCc1cc(OCCCCOc2ccc(Oc3ccccc3)cc2)ccc1CCC(=O)O. The van der Waals surface area contributed by atoms with Gasteiger partial charge in [-0.25, -0.2) is 4.79 Å². The van der Waals surface area contributed by atoms with Gasteiger partial charge in [0.25, 0.3) is 0 Å². The van der Waals surface area contributed by atoms with Gasteiger partial charge in [-0.3, -0.25) is 4.79 Å². The normalized spacial score (nSPS) is 10.6. The van der Waals surface area contributed by atoms with E-state index >= 15 is 0 Å². The van der Waals surface area contributed by atoms with Crippen LogP contribution in [0.4, 0.5) is 4.79 Å². The number of carboxylic acid groups (broad SMARTS) is 1. The maximum absolute atomic E-state index is 11.9. The van der Waals surface area contributed by atoms with Gasteiger partial charge in [0.2, 0.25) is 0 Å². The summed E-state index contributed by atoms with van der Waals surface area (Å²) in [7, 11) is 0. The van der Waals surface area contributed by atoms with Crippen molar-refractivity contribution in [1.82, 2.24) is 5.32 Å². The van der Waals surface area contributed by atoms with Gasteiger partial charge in [-0.2, -0.15) is 0 Å². The van der Waals surface area contributed by atoms with Crippen LogP contribution in [-0.2, 0) is 22.5 Å². The van der Waals surface area contributed by atoms with Crippen LogP contribution in [0.25, 0.3) is 0 Å². The summed E-state index contributed by atoms with van der Waals surface area (Å²) in [5, 5.41) is 11.7. The lowest BCUT2D eigenvalue weighted by atomic mass is 10.0. The topological polar surface area (TPSA) is 103 Å². The summed E-state index contributed by atoms with van der Waals surface area (Å²) in [6.07, 6.45) is 1.23. The zero-order valence-corrected chi connectivity index (χ0v) is 21.9. The minimum absolute atomic E-state index is 0.00637. The zero-order chi connectivity index (χ0) is 27.2. The largest absolute Gasteiger partial charge is 0.494 e. The number of ether oxygens (including phenoxy) is 4. The molecule has 8 heteroatoms. The van der Waals surface area contributed by atoms with Crippen LogP contribution < -0.4 is 19.5 Å². The van der Waals surface area contributed by atoms with E-state index in [9.17, 15) is 9.59 Å². The molecule has 0 saturated carbocycles. The molecule has 3 aromatic carbocycles. The highest BCUT2D eigenvalue weighted by Crippen LogP contribution is 2.24. The van der Waals surface area contributed by atoms with Crippen molar-refractivity contribution in [3.63, 3.8) is 0 Å². The lowest BCUT2D eigenvalue weighted by Crippen LogP contribution is -2.26. The number of aliphatic carboxylic acids is 1. The quantitative estimate of drug-likeness (QED) is 0.224. The molecule has 0 aliphatic heterocycles. The number of aryl methyl sites for hydroxylation is 1. The third-order valence-corrected chi connectivity index (χ3v) is 5.43. The molecule has 3 aromatic rings. The Balaban J connectivity index is 1.41. The molecule has 0 saturated heterocycles. The lowest BCUT2D eigenvalue weighted by Gasteiger charge is -2.14. The van der Waals surface area contributed by atoms with Crippen molar-refractivity contribution in [2.24, 2.45) is 0 Å². The molecule has 0 spiro atoms. The van der Waals surface area contributed by atoms with Gasteiger partial charge in [-0.15, -0.1) is 0 Å². The number of hydrogen-bond acceptors (Lipinski definition) is 6. The van der Waals surface area contributed by atoms with Crippen LogP contribution in [0.2, 0.25) is 0 Å². The van der Waals surface area contributed by atoms with Gasteiger partial charge in [-0.1, -0.05) is 24.3 Å². The summed E-state index contributed by atoms with van der Waals surface area (Å²) in [6, 6.07) is 22.6. The fourth-order valence-electron chi connectivity index (χ4n) is 3.58. The maximum atomic E-state index is 11.9. The Morgan fingerprint density at radius 2 is 1.39 bits per heavy atom. The second kappa shape index (κ2) is 15.1. The summed E-state index contributed by atoms with van der Waals surface area (Å²) in [6.45, 7) is 4.83. The van der Waals surface area contributed by atoms with Gasteiger partial charge >= 0.3 is 12.1 Å². The van der Waals surface area contributed by atoms with E-state index in [1.165, 1.54) is 0 Å². The van der Waals surface area contributed by atoms with Gasteiger partial charge in [0, 0.05) is 13.0 Å². The number of hydrogen-bond donors (Lipinski definition) is 2. The monoisotopic (exact) mass is 521 g/mol. The second-order valence-corrected chi connectivity index (χ2v) is 8.92. The predicted molar refractivity (Wildman–Crippen MR) is 144 cm³/mol. The van der Waals surface area contributed by atoms with Crippen LogP contribution in [0.15, 0.2) is 72.8 Å². The van der Waals surface area contributed by atoms with E-state index in [0.29, 0.717) is 25.4 Å². The molecule has 0 aromatic heterocycles. The van der Waals surface area contributed by atoms with Crippen molar-refractivity contribution < 1.29 is 33.6 Å². The lowest BCUT2D eigenvalue weighted by molar-refractivity contribution is -0.136. The first-order valence-corrected chi connectivity index (χ1v) is 12.8. The smallest absolute Gasteiger partial charge is 0.407 e. The van der Waals surface area contributed by atoms with E-state index < -0.39 is 12.1 Å². The molecule has 1 amide bonds. The Bertz CT molecular complexity index is 1150. The first kappa shape index (κ1) is 28.4. The Labute approximate surface area is 223 Å². The van der Waals surface area contributed by atoms with E-state index in [4.69, 9.17) is 24.1 Å². The molecule has 0 aliphatic carbocycles. The third kappa shape index (κ3) is 10.4. The summed E-state index contributed by atoms with van der Waals surface area (Å²) in [5.41, 5.74) is 1.64. The van der Waals surface area contributed by atoms with Crippen molar-refractivity contribution in [3.05, 3.63) is 83.9 Å². The van der Waals surface area contributed by atoms with E-state index in [2.05, 4.69) is 5.32 Å². The Kier molecular flexibility index (Phi) is 11.3. The number of amides is 1. The number of alkyl carbamates (subject to hydrolysis) is 1. The molecule has 0 heterocycles. The molecular weight excluding hydrogens is 486 g/mol. The Hall–Kier alpha value is -4.20. The minimum atomic E-state index is -0.873. The van der Waals surface area contributed by atoms with Gasteiger partial charge in [0.1, 0.15) is 23.0 Å². The maximum Gasteiger partial charge on any atom is 0.407 e. The second-order valence-electron chi connectivity index (χ2n) is 8.92.